The Morgan fingerprint density at radius 1 is 1.11 bits per heavy atom. The minimum atomic E-state index is -0.254. The van der Waals surface area contributed by atoms with Crippen molar-refractivity contribution in [2.24, 2.45) is 0 Å². The molecule has 0 radical (unpaired) electrons. The largest absolute Gasteiger partial charge is 0.352 e. The molecule has 1 aromatic heterocycles. The number of hydrogen-bond acceptors (Lipinski definition) is 3. The molecule has 4 rings (SSSR count). The normalized spacial score (nSPS) is 19.0. The van der Waals surface area contributed by atoms with Crippen LogP contribution in [0.2, 0.25) is 0 Å². The Balaban J connectivity index is 1.64. The number of aryl methyl sites for hydroxylation is 1. The lowest BCUT2D eigenvalue weighted by Crippen LogP contribution is -2.30. The van der Waals surface area contributed by atoms with Crippen molar-refractivity contribution in [3.05, 3.63) is 47.3 Å². The molecule has 2 aromatic rings. The summed E-state index contributed by atoms with van der Waals surface area (Å²) in [5.41, 5.74) is 3.38. The van der Waals surface area contributed by atoms with Crippen LogP contribution in [0.4, 0.5) is 0 Å². The predicted octanol–water partition coefficient (Wildman–Crippen LogP) is 5.12. The molecule has 1 aromatic carbocycles. The highest BCUT2D eigenvalue weighted by Crippen LogP contribution is 2.40. The molecular formula is C22H29N3OS. The van der Waals surface area contributed by atoms with Gasteiger partial charge in [-0.3, -0.25) is 4.79 Å². The zero-order valence-corrected chi connectivity index (χ0v) is 17.1. The molecule has 1 heterocycles. The molecular weight excluding hydrogens is 354 g/mol. The highest BCUT2D eigenvalue weighted by Gasteiger charge is 2.31. The third-order valence-corrected chi connectivity index (χ3v) is 7.00. The van der Waals surface area contributed by atoms with Crippen LogP contribution in [-0.4, -0.2) is 21.5 Å². The van der Waals surface area contributed by atoms with Crippen LogP contribution < -0.4 is 5.32 Å². The molecule has 0 spiro atoms. The van der Waals surface area contributed by atoms with Gasteiger partial charge in [0.05, 0.1) is 5.69 Å². The number of rotatable bonds is 6. The number of benzene rings is 1. The Morgan fingerprint density at radius 2 is 1.81 bits per heavy atom. The predicted molar refractivity (Wildman–Crippen MR) is 110 cm³/mol. The number of imidazole rings is 1. The van der Waals surface area contributed by atoms with E-state index in [2.05, 4.69) is 35.9 Å². The first-order valence-electron chi connectivity index (χ1n) is 10.2. The van der Waals surface area contributed by atoms with Gasteiger partial charge in [-0.05, 0) is 45.1 Å². The summed E-state index contributed by atoms with van der Waals surface area (Å²) in [6, 6.07) is 11.0. The van der Waals surface area contributed by atoms with Crippen LogP contribution in [-0.2, 0) is 4.79 Å². The standard InChI is InChI=1S/C22H29N3OS/c1-15-16(2)25(19-11-7-4-8-12-19)22(23-15)27-20(17-9-5-3-6-10-17)21(26)24-18-13-14-18/h3,5-6,9-10,18-20H,4,7-8,11-14H2,1-2H3,(H,24,26). The lowest BCUT2D eigenvalue weighted by atomic mass is 9.95. The van der Waals surface area contributed by atoms with E-state index in [-0.39, 0.29) is 11.2 Å². The van der Waals surface area contributed by atoms with Crippen molar-refractivity contribution in [3.8, 4) is 0 Å². The summed E-state index contributed by atoms with van der Waals surface area (Å²) < 4.78 is 2.42. The van der Waals surface area contributed by atoms with E-state index in [1.165, 1.54) is 37.8 Å². The van der Waals surface area contributed by atoms with E-state index in [1.54, 1.807) is 11.8 Å². The molecule has 0 bridgehead atoms. The van der Waals surface area contributed by atoms with Crippen molar-refractivity contribution in [2.75, 3.05) is 0 Å². The van der Waals surface area contributed by atoms with Crippen LogP contribution in [0, 0.1) is 13.8 Å². The van der Waals surface area contributed by atoms with Gasteiger partial charge in [-0.25, -0.2) is 4.98 Å². The quantitative estimate of drug-likeness (QED) is 0.705. The molecule has 1 atom stereocenters. The molecule has 2 aliphatic rings. The van der Waals surface area contributed by atoms with E-state index in [0.717, 1.165) is 29.3 Å². The molecule has 144 valence electrons. The first kappa shape index (κ1) is 18.6. The monoisotopic (exact) mass is 383 g/mol. The molecule has 0 saturated heterocycles. The van der Waals surface area contributed by atoms with Gasteiger partial charge in [0.15, 0.2) is 5.16 Å². The minimum absolute atomic E-state index is 0.113. The molecule has 4 nitrogen and oxygen atoms in total. The molecule has 5 heteroatoms. The van der Waals surface area contributed by atoms with Crippen LogP contribution in [0.15, 0.2) is 35.5 Å². The second-order valence-electron chi connectivity index (χ2n) is 7.92. The van der Waals surface area contributed by atoms with Crippen molar-refractivity contribution in [1.29, 1.82) is 0 Å². The number of aromatic nitrogens is 2. The fraction of sp³-hybridized carbons (Fsp3) is 0.545. The summed E-state index contributed by atoms with van der Waals surface area (Å²) in [6.45, 7) is 4.25. The van der Waals surface area contributed by atoms with Gasteiger partial charge in [0.1, 0.15) is 5.25 Å². The van der Waals surface area contributed by atoms with Crippen LogP contribution in [0.5, 0.6) is 0 Å². The van der Waals surface area contributed by atoms with E-state index in [1.807, 2.05) is 18.2 Å². The second kappa shape index (κ2) is 8.09. The van der Waals surface area contributed by atoms with Crippen molar-refractivity contribution in [2.45, 2.75) is 81.3 Å². The van der Waals surface area contributed by atoms with Gasteiger partial charge in [-0.1, -0.05) is 61.4 Å². The SMILES string of the molecule is Cc1nc(SC(C(=O)NC2CC2)c2ccccc2)n(C2CCCCC2)c1C. The van der Waals surface area contributed by atoms with Gasteiger partial charge < -0.3 is 9.88 Å². The van der Waals surface area contributed by atoms with Crippen molar-refractivity contribution >= 4 is 17.7 Å². The Labute approximate surface area is 166 Å². The summed E-state index contributed by atoms with van der Waals surface area (Å²) in [7, 11) is 0. The summed E-state index contributed by atoms with van der Waals surface area (Å²) >= 11 is 1.61. The van der Waals surface area contributed by atoms with Crippen LogP contribution >= 0.6 is 11.8 Å². The zero-order valence-electron chi connectivity index (χ0n) is 16.3. The number of carbonyl (C=O) groups is 1. The average molecular weight is 384 g/mol. The number of nitrogens with one attached hydrogen (secondary N) is 1. The maximum absolute atomic E-state index is 13.0. The molecule has 2 saturated carbocycles. The summed E-state index contributed by atoms with van der Waals surface area (Å²) in [5.74, 6) is 0.113. The highest BCUT2D eigenvalue weighted by molar-refractivity contribution is 8.00. The topological polar surface area (TPSA) is 46.9 Å². The Morgan fingerprint density at radius 3 is 2.48 bits per heavy atom. The Bertz CT molecular complexity index is 791. The number of thioether (sulfide) groups is 1. The number of amides is 1. The van der Waals surface area contributed by atoms with Crippen LogP contribution in [0.1, 0.15) is 73.2 Å². The maximum Gasteiger partial charge on any atom is 0.238 e. The van der Waals surface area contributed by atoms with Crippen LogP contribution in [0.3, 0.4) is 0 Å². The lowest BCUT2D eigenvalue weighted by Gasteiger charge is -2.27. The van der Waals surface area contributed by atoms with Crippen LogP contribution in [0.25, 0.3) is 0 Å². The lowest BCUT2D eigenvalue weighted by molar-refractivity contribution is -0.120. The average Bonchev–Trinajstić information content (AvgIpc) is 3.46. The molecule has 27 heavy (non-hydrogen) atoms. The number of nitrogens with zero attached hydrogens (tertiary/aromatic N) is 2. The fourth-order valence-electron chi connectivity index (χ4n) is 3.96. The van der Waals surface area contributed by atoms with Gasteiger partial charge >= 0.3 is 0 Å². The highest BCUT2D eigenvalue weighted by atomic mass is 32.2. The van der Waals surface area contributed by atoms with Gasteiger partial charge in [-0.15, -0.1) is 0 Å². The summed E-state index contributed by atoms with van der Waals surface area (Å²) in [6.07, 6.45) is 8.55. The van der Waals surface area contributed by atoms with Gasteiger partial charge in [0.2, 0.25) is 5.91 Å². The molecule has 2 fully saturated rings. The third kappa shape index (κ3) is 4.23. The first-order valence-corrected chi connectivity index (χ1v) is 11.1. The smallest absolute Gasteiger partial charge is 0.238 e. The molecule has 1 N–H and O–H groups in total. The number of hydrogen-bond donors (Lipinski definition) is 1. The van der Waals surface area contributed by atoms with Crippen molar-refractivity contribution < 1.29 is 4.79 Å². The van der Waals surface area contributed by atoms with Crippen molar-refractivity contribution in [3.63, 3.8) is 0 Å². The Hall–Kier alpha value is -1.75. The molecule has 2 aliphatic carbocycles. The van der Waals surface area contributed by atoms with E-state index in [9.17, 15) is 4.79 Å². The fourth-order valence-corrected chi connectivity index (χ4v) is 5.23. The van der Waals surface area contributed by atoms with Gasteiger partial charge in [0, 0.05) is 17.8 Å². The first-order chi connectivity index (χ1) is 13.1. The van der Waals surface area contributed by atoms with Crippen molar-refractivity contribution in [1.82, 2.24) is 14.9 Å². The summed E-state index contributed by atoms with van der Waals surface area (Å²) in [4.78, 5) is 17.9. The van der Waals surface area contributed by atoms with E-state index >= 15 is 0 Å². The summed E-state index contributed by atoms with van der Waals surface area (Å²) in [5, 5.41) is 3.94. The maximum atomic E-state index is 13.0. The minimum Gasteiger partial charge on any atom is -0.352 e. The van der Waals surface area contributed by atoms with E-state index in [4.69, 9.17) is 4.98 Å². The van der Waals surface area contributed by atoms with Gasteiger partial charge in [-0.2, -0.15) is 0 Å². The third-order valence-electron chi connectivity index (χ3n) is 5.78. The van der Waals surface area contributed by atoms with Gasteiger partial charge in [0.25, 0.3) is 0 Å². The molecule has 1 amide bonds. The van der Waals surface area contributed by atoms with E-state index < -0.39 is 0 Å². The van der Waals surface area contributed by atoms with E-state index in [0.29, 0.717) is 12.1 Å². The molecule has 1 unspecified atom stereocenters. The zero-order chi connectivity index (χ0) is 18.8. The second-order valence-corrected chi connectivity index (χ2v) is 8.99. The number of carbonyl (C=O) groups excluding carboxylic acids is 1. The Kier molecular flexibility index (Phi) is 5.58. The molecule has 0 aliphatic heterocycles.